The van der Waals surface area contributed by atoms with Gasteiger partial charge in [-0.2, -0.15) is 5.43 Å². The lowest BCUT2D eigenvalue weighted by molar-refractivity contribution is -0.189. The molecule has 1 aromatic carbocycles. The van der Waals surface area contributed by atoms with E-state index in [4.69, 9.17) is 19.4 Å². The number of aromatic nitrogens is 3. The molecule has 0 radical (unpaired) electrons. The van der Waals surface area contributed by atoms with Gasteiger partial charge >= 0.3 is 12.0 Å². The number of hydrazine groups is 1. The zero-order valence-corrected chi connectivity index (χ0v) is 41.2. The van der Waals surface area contributed by atoms with E-state index in [-0.39, 0.29) is 68.5 Å². The number of carbonyl (C=O) groups is 5. The summed E-state index contributed by atoms with van der Waals surface area (Å²) in [6.45, 7) is 16.9. The van der Waals surface area contributed by atoms with Gasteiger partial charge in [-0.15, -0.1) is 11.3 Å². The summed E-state index contributed by atoms with van der Waals surface area (Å²) in [5.41, 5.74) is 6.24. The number of aliphatic hydroxyl groups is 1. The summed E-state index contributed by atoms with van der Waals surface area (Å²) >= 11 is 1.36. The lowest BCUT2D eigenvalue weighted by Gasteiger charge is -2.52. The van der Waals surface area contributed by atoms with E-state index >= 15 is 0 Å². The Balaban J connectivity index is 1.16. The SMILES string of the molecule is C=CC(=O)N1CC2CCC1CN2C(=O)N(C)[C@H](C(=O)N[C@H]1Cc2nc(cs2)-c2ccc3c(c2)c(c(-c2cccnc2[C@H](C)OC)n3CC)CC(C)(C)COC(=O)[C@@]2(O)CCCN(N2)C1=O)C(C)C. The van der Waals surface area contributed by atoms with Crippen LogP contribution in [0.5, 0.6) is 0 Å². The number of hydrogen-bond donors (Lipinski definition) is 3. The van der Waals surface area contributed by atoms with Crippen molar-refractivity contribution < 1.29 is 38.6 Å². The molecule has 5 aliphatic heterocycles. The first-order valence-corrected chi connectivity index (χ1v) is 24.6. The molecule has 18 heteroatoms. The maximum Gasteiger partial charge on any atom is 0.355 e. The third kappa shape index (κ3) is 9.27. The number of cyclic esters (lactones) is 1. The van der Waals surface area contributed by atoms with Gasteiger partial charge < -0.3 is 39.2 Å². The lowest BCUT2D eigenvalue weighted by atomic mass is 9.84. The monoisotopic (exact) mass is 951 g/mol. The minimum absolute atomic E-state index is 0.0124. The molecule has 17 nitrogen and oxygen atoms in total. The van der Waals surface area contributed by atoms with Gasteiger partial charge in [-0.1, -0.05) is 40.3 Å². The maximum absolute atomic E-state index is 14.7. The molecule has 4 fully saturated rings. The highest BCUT2D eigenvalue weighted by atomic mass is 32.1. The van der Waals surface area contributed by atoms with Crippen LogP contribution in [0, 0.1) is 11.3 Å². The van der Waals surface area contributed by atoms with Crippen LogP contribution >= 0.6 is 11.3 Å². The van der Waals surface area contributed by atoms with E-state index in [0.29, 0.717) is 36.8 Å². The molecule has 0 spiro atoms. The van der Waals surface area contributed by atoms with Crippen molar-refractivity contribution in [1.82, 2.24) is 45.0 Å². The highest BCUT2D eigenvalue weighted by Crippen LogP contribution is 2.42. The number of esters is 1. The zero-order valence-electron chi connectivity index (χ0n) is 40.4. The first-order chi connectivity index (χ1) is 32.4. The molecule has 68 heavy (non-hydrogen) atoms. The number of piperidine rings is 2. The second-order valence-electron chi connectivity index (χ2n) is 19.8. The average Bonchev–Trinajstić information content (AvgIpc) is 3.93. The van der Waals surface area contributed by atoms with Gasteiger partial charge in [0.05, 0.1) is 40.8 Å². The van der Waals surface area contributed by atoms with Crippen molar-refractivity contribution in [3.8, 4) is 22.5 Å². The number of nitrogens with zero attached hydrogens (tertiary/aromatic N) is 7. The second kappa shape index (κ2) is 19.4. The number of fused-ring (bicyclic) bond motifs is 9. The van der Waals surface area contributed by atoms with Gasteiger partial charge in [-0.05, 0) is 81.4 Å². The Morgan fingerprint density at radius 3 is 2.54 bits per heavy atom. The van der Waals surface area contributed by atoms with Gasteiger partial charge in [0.2, 0.25) is 17.5 Å². The molecule has 4 aromatic rings. The van der Waals surface area contributed by atoms with E-state index in [1.165, 1.54) is 27.3 Å². The number of ether oxygens (including phenoxy) is 2. The molecular weight excluding hydrogens is 887 g/mol. The van der Waals surface area contributed by atoms with Crippen molar-refractivity contribution >= 4 is 52.0 Å². The van der Waals surface area contributed by atoms with Crippen molar-refractivity contribution in [3.63, 3.8) is 0 Å². The molecule has 2 unspecified atom stereocenters. The number of carbonyl (C=O) groups excluding carboxylic acids is 5. The Kier molecular flexibility index (Phi) is 13.9. The van der Waals surface area contributed by atoms with E-state index in [1.807, 2.05) is 52.1 Å². The van der Waals surface area contributed by atoms with Crippen LogP contribution in [-0.2, 0) is 48.0 Å². The Bertz CT molecular complexity index is 2610. The highest BCUT2D eigenvalue weighted by molar-refractivity contribution is 7.10. The van der Waals surface area contributed by atoms with Crippen molar-refractivity contribution in [1.29, 1.82) is 0 Å². The lowest BCUT2D eigenvalue weighted by Crippen LogP contribution is -2.68. The number of rotatable bonds is 9. The fraction of sp³-hybridized carbons (Fsp3) is 0.540. The number of urea groups is 1. The van der Waals surface area contributed by atoms with Crippen molar-refractivity contribution in [2.24, 2.45) is 11.3 Å². The predicted octanol–water partition coefficient (Wildman–Crippen LogP) is 5.46. The molecule has 0 saturated carbocycles. The fourth-order valence-corrected chi connectivity index (χ4v) is 11.4. The predicted molar refractivity (Wildman–Crippen MR) is 258 cm³/mol. The summed E-state index contributed by atoms with van der Waals surface area (Å²) in [7, 11) is 3.26. The van der Waals surface area contributed by atoms with Crippen LogP contribution in [0.1, 0.15) is 89.6 Å². The number of thiazole rings is 1. The van der Waals surface area contributed by atoms with Crippen LogP contribution in [0.2, 0.25) is 0 Å². The quantitative estimate of drug-likeness (QED) is 0.143. The maximum atomic E-state index is 14.7. The Hall–Kier alpha value is -5.69. The van der Waals surface area contributed by atoms with E-state index in [1.54, 1.807) is 30.2 Å². The molecule has 3 aromatic heterocycles. The molecule has 9 rings (SSSR count). The summed E-state index contributed by atoms with van der Waals surface area (Å²) in [6, 6.07) is 7.38. The molecule has 5 aliphatic rings. The summed E-state index contributed by atoms with van der Waals surface area (Å²) in [4.78, 5) is 84.9. The Morgan fingerprint density at radius 1 is 1.13 bits per heavy atom. The van der Waals surface area contributed by atoms with Crippen LogP contribution in [-0.4, -0.2) is 139 Å². The molecule has 8 bridgehead atoms. The van der Waals surface area contributed by atoms with Gasteiger partial charge in [0.15, 0.2) is 0 Å². The first-order valence-electron chi connectivity index (χ1n) is 23.7. The third-order valence-corrected chi connectivity index (χ3v) is 15.0. The number of amides is 5. The second-order valence-corrected chi connectivity index (χ2v) is 20.7. The molecule has 364 valence electrons. The van der Waals surface area contributed by atoms with Crippen LogP contribution in [0.4, 0.5) is 4.79 Å². The van der Waals surface area contributed by atoms with E-state index < -0.39 is 41.0 Å². The minimum atomic E-state index is -2.23. The standard InChI is InChI=1S/C50H65N9O8S/c1-10-41(60)57-25-33-17-16-32(57)26-58(33)48(64)55(8)43(29(3)4)45(61)53-37-23-40-52-38(27-68-40)31-15-18-39-35(22-31)36(44(56(39)11-2)34-14-12-20-51-42(34)30(5)66-9)24-49(6,7)28-67-47(63)50(65)19-13-21-59(54-50)46(37)62/h10,12,14-15,18,20,22,27,29-30,32-33,37,43,54,65H,1,11,13,16-17,19,21,23-26,28H2,2-9H3,(H,53,61)/t30-,32?,33?,37-,43-,50-/m0/s1. The number of hydrogen-bond acceptors (Lipinski definition) is 12. The van der Waals surface area contributed by atoms with Gasteiger partial charge in [0.25, 0.3) is 5.91 Å². The number of pyridine rings is 1. The molecule has 6 atom stereocenters. The molecule has 5 amide bonds. The van der Waals surface area contributed by atoms with Crippen molar-refractivity contribution in [2.45, 2.75) is 123 Å². The number of methoxy groups -OCH3 is 1. The number of aryl methyl sites for hydroxylation is 1. The van der Waals surface area contributed by atoms with E-state index in [2.05, 4.69) is 47.0 Å². The average molecular weight is 952 g/mol. The molecule has 3 N–H and O–H groups in total. The number of likely N-dealkylation sites (N-methyl/N-ethyl adjacent to an activating group) is 1. The van der Waals surface area contributed by atoms with Crippen LogP contribution < -0.4 is 10.7 Å². The smallest absolute Gasteiger partial charge is 0.355 e. The van der Waals surface area contributed by atoms with Gasteiger partial charge in [0, 0.05) is 98.2 Å². The molecular formula is C50H65N9O8S. The molecule has 4 saturated heterocycles. The van der Waals surface area contributed by atoms with Gasteiger partial charge in [-0.3, -0.25) is 24.4 Å². The largest absolute Gasteiger partial charge is 0.462 e. The van der Waals surface area contributed by atoms with Crippen LogP contribution in [0.25, 0.3) is 33.4 Å². The summed E-state index contributed by atoms with van der Waals surface area (Å²) in [5, 5.41) is 19.6. The molecule has 0 aliphatic carbocycles. The topological polar surface area (TPSA) is 192 Å². The Morgan fingerprint density at radius 2 is 1.87 bits per heavy atom. The van der Waals surface area contributed by atoms with Crippen molar-refractivity contribution in [3.05, 3.63) is 70.8 Å². The normalized spacial score (nSPS) is 23.8. The highest BCUT2D eigenvalue weighted by Gasteiger charge is 2.47. The van der Waals surface area contributed by atoms with Crippen LogP contribution in [0.3, 0.4) is 0 Å². The van der Waals surface area contributed by atoms with Crippen LogP contribution in [0.15, 0.2) is 54.6 Å². The molecule has 8 heterocycles. The summed E-state index contributed by atoms with van der Waals surface area (Å²) < 4.78 is 14.1. The first kappa shape index (κ1) is 48.8. The van der Waals surface area contributed by atoms with E-state index in [9.17, 15) is 29.1 Å². The summed E-state index contributed by atoms with van der Waals surface area (Å²) in [5.74, 6) is -2.57. The summed E-state index contributed by atoms with van der Waals surface area (Å²) in [6.07, 6.45) is 5.01. The fourth-order valence-electron chi connectivity index (χ4n) is 10.6. The minimum Gasteiger partial charge on any atom is -0.462 e. The van der Waals surface area contributed by atoms with Gasteiger partial charge in [0.1, 0.15) is 12.1 Å². The number of nitrogens with one attached hydrogen (secondary N) is 2. The zero-order chi connectivity index (χ0) is 48.8. The van der Waals surface area contributed by atoms with E-state index in [0.717, 1.165) is 51.8 Å². The third-order valence-electron chi connectivity index (χ3n) is 14.1. The Labute approximate surface area is 401 Å². The van der Waals surface area contributed by atoms with Gasteiger partial charge in [-0.25, -0.2) is 14.6 Å². The van der Waals surface area contributed by atoms with Crippen molar-refractivity contribution in [2.75, 3.05) is 40.4 Å². The number of benzene rings is 1. The number of piperazine rings is 1.